The molecule has 0 aromatic heterocycles. The molecule has 0 heterocycles. The number of para-hydroxylation sites is 1. The molecule has 0 radical (unpaired) electrons. The average molecular weight is 289 g/mol. The van der Waals surface area contributed by atoms with Gasteiger partial charge in [0.25, 0.3) is 0 Å². The van der Waals surface area contributed by atoms with E-state index in [1.807, 2.05) is 55.6 Å². The Morgan fingerprint density at radius 2 is 1.85 bits per heavy atom. The minimum Gasteiger partial charge on any atom is -0.493 e. The Kier molecular flexibility index (Phi) is 5.18. The highest BCUT2D eigenvalue weighted by molar-refractivity contribution is 7.98. The van der Waals surface area contributed by atoms with Gasteiger partial charge in [0, 0.05) is 16.1 Å². The van der Waals surface area contributed by atoms with Gasteiger partial charge in [-0.05, 0) is 43.5 Å². The van der Waals surface area contributed by atoms with Gasteiger partial charge in [-0.25, -0.2) is 0 Å². The van der Waals surface area contributed by atoms with Crippen LogP contribution in [0.2, 0.25) is 0 Å². The number of benzene rings is 2. The third-order valence-corrected chi connectivity index (χ3v) is 3.61. The van der Waals surface area contributed by atoms with Crippen molar-refractivity contribution >= 4 is 17.4 Å². The summed E-state index contributed by atoms with van der Waals surface area (Å²) in [6.45, 7) is 3.03. The molecule has 0 spiro atoms. The van der Waals surface area contributed by atoms with E-state index in [4.69, 9.17) is 15.2 Å². The van der Waals surface area contributed by atoms with E-state index in [-0.39, 0.29) is 0 Å². The van der Waals surface area contributed by atoms with Gasteiger partial charge in [-0.1, -0.05) is 12.1 Å². The summed E-state index contributed by atoms with van der Waals surface area (Å²) >= 11 is 1.67. The Morgan fingerprint density at radius 3 is 2.60 bits per heavy atom. The standard InChI is InChI=1S/C16H19NO2S/c1-3-18-14-9-8-13(17)10-12(14)11-19-15-6-4-5-7-16(15)20-2/h4-10H,3,11,17H2,1-2H3. The molecule has 0 fully saturated rings. The van der Waals surface area contributed by atoms with Crippen LogP contribution in [0.3, 0.4) is 0 Å². The molecule has 2 aromatic carbocycles. The van der Waals surface area contributed by atoms with E-state index in [0.29, 0.717) is 18.9 Å². The Balaban J connectivity index is 2.15. The number of hydrogen-bond donors (Lipinski definition) is 1. The van der Waals surface area contributed by atoms with Crippen molar-refractivity contribution in [2.45, 2.75) is 18.4 Å². The van der Waals surface area contributed by atoms with Crippen molar-refractivity contribution in [1.29, 1.82) is 0 Å². The van der Waals surface area contributed by atoms with Crippen LogP contribution in [0.4, 0.5) is 5.69 Å². The highest BCUT2D eigenvalue weighted by Gasteiger charge is 2.07. The van der Waals surface area contributed by atoms with E-state index in [0.717, 1.165) is 22.0 Å². The third-order valence-electron chi connectivity index (χ3n) is 2.84. The van der Waals surface area contributed by atoms with Gasteiger partial charge in [-0.2, -0.15) is 0 Å². The second kappa shape index (κ2) is 7.10. The summed E-state index contributed by atoms with van der Waals surface area (Å²) in [6, 6.07) is 13.6. The molecule has 2 N–H and O–H groups in total. The first-order valence-corrected chi connectivity index (χ1v) is 7.74. The molecule has 0 bridgehead atoms. The van der Waals surface area contributed by atoms with E-state index >= 15 is 0 Å². The molecule has 106 valence electrons. The Labute approximate surface area is 124 Å². The van der Waals surface area contributed by atoms with Crippen molar-refractivity contribution < 1.29 is 9.47 Å². The predicted octanol–water partition coefficient (Wildman–Crippen LogP) is 3.97. The van der Waals surface area contributed by atoms with Crippen LogP contribution >= 0.6 is 11.8 Å². The minimum absolute atomic E-state index is 0.442. The Bertz CT molecular complexity index is 572. The summed E-state index contributed by atoms with van der Waals surface area (Å²) in [7, 11) is 0. The molecule has 0 aliphatic carbocycles. The fraction of sp³-hybridized carbons (Fsp3) is 0.250. The molecule has 20 heavy (non-hydrogen) atoms. The summed E-state index contributed by atoms with van der Waals surface area (Å²) in [5.41, 5.74) is 7.51. The molecule has 0 amide bonds. The molecule has 0 unspecified atom stereocenters. The topological polar surface area (TPSA) is 44.5 Å². The van der Waals surface area contributed by atoms with Crippen LogP contribution in [0, 0.1) is 0 Å². The van der Waals surface area contributed by atoms with Gasteiger partial charge < -0.3 is 15.2 Å². The SMILES string of the molecule is CCOc1ccc(N)cc1COc1ccccc1SC. The first-order valence-electron chi connectivity index (χ1n) is 6.51. The summed E-state index contributed by atoms with van der Waals surface area (Å²) in [4.78, 5) is 1.12. The van der Waals surface area contributed by atoms with Crippen LogP contribution in [-0.2, 0) is 6.61 Å². The summed E-state index contributed by atoms with van der Waals surface area (Å²) < 4.78 is 11.5. The Morgan fingerprint density at radius 1 is 1.05 bits per heavy atom. The number of rotatable bonds is 6. The molecule has 2 aromatic rings. The van der Waals surface area contributed by atoms with Crippen LogP contribution in [0.25, 0.3) is 0 Å². The number of ether oxygens (including phenoxy) is 2. The third kappa shape index (κ3) is 3.61. The zero-order valence-electron chi connectivity index (χ0n) is 11.8. The normalized spacial score (nSPS) is 10.3. The van der Waals surface area contributed by atoms with Gasteiger partial charge >= 0.3 is 0 Å². The number of anilines is 1. The first kappa shape index (κ1) is 14.6. The molecule has 0 saturated carbocycles. The number of nitrogens with two attached hydrogens (primary N) is 1. The van der Waals surface area contributed by atoms with Gasteiger partial charge in [0.2, 0.25) is 0 Å². The maximum Gasteiger partial charge on any atom is 0.133 e. The zero-order valence-corrected chi connectivity index (χ0v) is 12.6. The van der Waals surface area contributed by atoms with Gasteiger partial charge in [0.15, 0.2) is 0 Å². The van der Waals surface area contributed by atoms with E-state index < -0.39 is 0 Å². The quantitative estimate of drug-likeness (QED) is 0.645. The van der Waals surface area contributed by atoms with Crippen molar-refractivity contribution in [3.05, 3.63) is 48.0 Å². The monoisotopic (exact) mass is 289 g/mol. The molecule has 2 rings (SSSR count). The molecular weight excluding hydrogens is 270 g/mol. The minimum atomic E-state index is 0.442. The maximum absolute atomic E-state index is 5.90. The van der Waals surface area contributed by atoms with E-state index in [2.05, 4.69) is 0 Å². The van der Waals surface area contributed by atoms with Crippen LogP contribution in [0.5, 0.6) is 11.5 Å². The van der Waals surface area contributed by atoms with E-state index in [1.54, 1.807) is 11.8 Å². The van der Waals surface area contributed by atoms with Crippen LogP contribution in [0.1, 0.15) is 12.5 Å². The lowest BCUT2D eigenvalue weighted by Gasteiger charge is -2.13. The number of thioether (sulfide) groups is 1. The molecule has 3 nitrogen and oxygen atoms in total. The van der Waals surface area contributed by atoms with Crippen molar-refractivity contribution in [2.75, 3.05) is 18.6 Å². The van der Waals surface area contributed by atoms with Crippen molar-refractivity contribution in [1.82, 2.24) is 0 Å². The smallest absolute Gasteiger partial charge is 0.133 e. The second-order valence-electron chi connectivity index (χ2n) is 4.24. The molecular formula is C16H19NO2S. The lowest BCUT2D eigenvalue weighted by Crippen LogP contribution is -2.02. The fourth-order valence-electron chi connectivity index (χ4n) is 1.90. The number of nitrogen functional groups attached to an aromatic ring is 1. The van der Waals surface area contributed by atoms with Crippen LogP contribution in [-0.4, -0.2) is 12.9 Å². The van der Waals surface area contributed by atoms with Gasteiger partial charge in [-0.15, -0.1) is 11.8 Å². The summed E-state index contributed by atoms with van der Waals surface area (Å²) in [6.07, 6.45) is 2.04. The predicted molar refractivity (Wildman–Crippen MR) is 84.6 cm³/mol. The summed E-state index contributed by atoms with van der Waals surface area (Å²) in [5, 5.41) is 0. The van der Waals surface area contributed by atoms with Crippen LogP contribution < -0.4 is 15.2 Å². The zero-order chi connectivity index (χ0) is 14.4. The molecule has 0 saturated heterocycles. The highest BCUT2D eigenvalue weighted by atomic mass is 32.2. The molecule has 4 heteroatoms. The van der Waals surface area contributed by atoms with Crippen LogP contribution in [0.15, 0.2) is 47.4 Å². The van der Waals surface area contributed by atoms with Crippen molar-refractivity contribution in [3.8, 4) is 11.5 Å². The van der Waals surface area contributed by atoms with Crippen molar-refractivity contribution in [2.24, 2.45) is 0 Å². The fourth-order valence-corrected chi connectivity index (χ4v) is 2.44. The van der Waals surface area contributed by atoms with Crippen molar-refractivity contribution in [3.63, 3.8) is 0 Å². The van der Waals surface area contributed by atoms with E-state index in [1.165, 1.54) is 0 Å². The molecule has 0 aliphatic rings. The highest BCUT2D eigenvalue weighted by Crippen LogP contribution is 2.29. The lowest BCUT2D eigenvalue weighted by molar-refractivity contribution is 0.281. The maximum atomic E-state index is 5.90. The largest absolute Gasteiger partial charge is 0.493 e. The van der Waals surface area contributed by atoms with Gasteiger partial charge in [-0.3, -0.25) is 0 Å². The average Bonchev–Trinajstić information content (AvgIpc) is 2.48. The van der Waals surface area contributed by atoms with Gasteiger partial charge in [0.05, 0.1) is 6.61 Å². The first-order chi connectivity index (χ1) is 9.74. The molecule has 0 atom stereocenters. The molecule has 0 aliphatic heterocycles. The van der Waals surface area contributed by atoms with Gasteiger partial charge in [0.1, 0.15) is 18.1 Å². The number of hydrogen-bond acceptors (Lipinski definition) is 4. The van der Waals surface area contributed by atoms with E-state index in [9.17, 15) is 0 Å². The lowest BCUT2D eigenvalue weighted by atomic mass is 10.2. The Hall–Kier alpha value is -1.81. The summed E-state index contributed by atoms with van der Waals surface area (Å²) in [5.74, 6) is 1.70. The second-order valence-corrected chi connectivity index (χ2v) is 5.09.